The molecule has 0 fully saturated rings. The minimum absolute atomic E-state index is 0. The Kier molecular flexibility index (Phi) is 8.14. The molecule has 1 N–H and O–H groups in total. The number of rotatable bonds is 0. The van der Waals surface area contributed by atoms with Crippen molar-refractivity contribution in [1.82, 2.24) is 0 Å². The van der Waals surface area contributed by atoms with Gasteiger partial charge in [0.15, 0.2) is 0 Å². The number of hydrogen-bond donors (Lipinski definition) is 1. The molecule has 0 unspecified atom stereocenters. The fourth-order valence-electron chi connectivity index (χ4n) is 0. The summed E-state index contributed by atoms with van der Waals surface area (Å²) in [6.07, 6.45) is -0.167. The molecule has 0 saturated heterocycles. The minimum Gasteiger partial charge on any atom is -0.394 e. The first-order chi connectivity index (χ1) is 1.73. The number of aliphatic hydroxyl groups is 1. The molecule has 0 atom stereocenters. The molecule has 2 heteroatoms. The Bertz CT molecular complexity index is 11.6. The second kappa shape index (κ2) is 4.48. The molecule has 0 amide bonds. The zero-order valence-electron chi connectivity index (χ0n) is 3.40. The van der Waals surface area contributed by atoms with E-state index in [1.165, 1.54) is 0 Å². The van der Waals surface area contributed by atoms with Gasteiger partial charge < -0.3 is 5.11 Å². The first-order valence-electron chi connectivity index (χ1n) is 1.41. The Labute approximate surface area is 42.9 Å². The molecule has 1 radical (unpaired) electrons. The van der Waals surface area contributed by atoms with Crippen LogP contribution in [0.15, 0.2) is 0 Å². The molecule has 0 heterocycles. The van der Waals surface area contributed by atoms with Crippen LogP contribution in [-0.2, 0) is 17.1 Å². The smallest absolute Gasteiger partial charge is 0.0483 e. The van der Waals surface area contributed by atoms with Crippen molar-refractivity contribution in [3.8, 4) is 0 Å². The van der Waals surface area contributed by atoms with Gasteiger partial charge in [-0.15, -0.1) is 0 Å². The topological polar surface area (TPSA) is 20.2 Å². The van der Waals surface area contributed by atoms with E-state index >= 15 is 0 Å². The van der Waals surface area contributed by atoms with E-state index < -0.39 is 0 Å². The summed E-state index contributed by atoms with van der Waals surface area (Å²) in [4.78, 5) is 0. The zero-order chi connectivity index (χ0) is 3.58. The number of aliphatic hydroxyl groups excluding tert-OH is 1. The molecule has 5 heavy (non-hydrogen) atoms. The quantitative estimate of drug-likeness (QED) is 0.452. The maximum Gasteiger partial charge on any atom is 0.0483 e. The minimum atomic E-state index is -0.167. The summed E-state index contributed by atoms with van der Waals surface area (Å²) in [6.45, 7) is 3.44. The zero-order valence-corrected chi connectivity index (χ0v) is 4.58. The second-order valence-electron chi connectivity index (χ2n) is 1.09. The van der Waals surface area contributed by atoms with Gasteiger partial charge in [-0.25, -0.2) is 0 Å². The fraction of sp³-hybridized carbons (Fsp3) is 1.00. The van der Waals surface area contributed by atoms with Crippen LogP contribution in [0.25, 0.3) is 0 Å². The summed E-state index contributed by atoms with van der Waals surface area (Å²) >= 11 is 0. The van der Waals surface area contributed by atoms with Crippen molar-refractivity contribution < 1.29 is 22.2 Å². The van der Waals surface area contributed by atoms with Gasteiger partial charge in [-0.2, -0.15) is 0 Å². The maximum atomic E-state index is 8.06. The Balaban J connectivity index is 0. The maximum absolute atomic E-state index is 8.06. The van der Waals surface area contributed by atoms with Crippen LogP contribution in [0.1, 0.15) is 13.8 Å². The molecule has 0 aliphatic carbocycles. The van der Waals surface area contributed by atoms with Crippen molar-refractivity contribution >= 4 is 0 Å². The predicted octanol–water partition coefficient (Wildman–Crippen LogP) is 0.385. The van der Waals surface area contributed by atoms with Gasteiger partial charge in [-0.3, -0.25) is 0 Å². The second-order valence-corrected chi connectivity index (χ2v) is 1.09. The molecule has 0 aliphatic rings. The molecule has 33 valence electrons. The average molecular weight is 115 g/mol. The third-order valence-corrected chi connectivity index (χ3v) is 0. The molecule has 0 aromatic heterocycles. The summed E-state index contributed by atoms with van der Waals surface area (Å²) in [5, 5.41) is 8.06. The van der Waals surface area contributed by atoms with Crippen LogP contribution in [0, 0.1) is 0 Å². The van der Waals surface area contributed by atoms with Gasteiger partial charge >= 0.3 is 0 Å². The van der Waals surface area contributed by atoms with Gasteiger partial charge in [0.2, 0.25) is 0 Å². The van der Waals surface area contributed by atoms with Crippen molar-refractivity contribution in [1.29, 1.82) is 0 Å². The van der Waals surface area contributed by atoms with E-state index in [9.17, 15) is 0 Å². The van der Waals surface area contributed by atoms with Crippen LogP contribution < -0.4 is 0 Å². The first-order valence-corrected chi connectivity index (χ1v) is 1.41. The summed E-state index contributed by atoms with van der Waals surface area (Å²) in [6, 6.07) is 0. The van der Waals surface area contributed by atoms with Crippen LogP contribution in [0.2, 0.25) is 0 Å². The largest absolute Gasteiger partial charge is 0.394 e. The molecule has 0 aromatic carbocycles. The monoisotopic (exact) mass is 115 g/mol. The molecule has 0 bridgehead atoms. The molecule has 0 aromatic rings. The van der Waals surface area contributed by atoms with Crippen molar-refractivity contribution in [2.45, 2.75) is 20.0 Å². The third kappa shape index (κ3) is 120. The molecular weight excluding hydrogens is 107 g/mol. The third-order valence-electron chi connectivity index (χ3n) is 0. The van der Waals surface area contributed by atoms with E-state index in [1.54, 1.807) is 13.8 Å². The van der Waals surface area contributed by atoms with Gasteiger partial charge in [-0.1, -0.05) is 0 Å². The van der Waals surface area contributed by atoms with Crippen molar-refractivity contribution in [2.75, 3.05) is 0 Å². The van der Waals surface area contributed by atoms with Crippen LogP contribution in [-0.4, -0.2) is 11.2 Å². The molecule has 0 saturated carbocycles. The van der Waals surface area contributed by atoms with E-state index in [1.807, 2.05) is 0 Å². The van der Waals surface area contributed by atoms with Crippen LogP contribution in [0.4, 0.5) is 0 Å². The van der Waals surface area contributed by atoms with Crippen LogP contribution >= 0.6 is 0 Å². The average Bonchev–Trinajstić information content (AvgIpc) is 0.811. The van der Waals surface area contributed by atoms with E-state index in [0.717, 1.165) is 0 Å². The van der Waals surface area contributed by atoms with Gasteiger partial charge in [0, 0.05) is 23.2 Å². The first kappa shape index (κ1) is 9.08. The summed E-state index contributed by atoms with van der Waals surface area (Å²) in [5.41, 5.74) is 0. The van der Waals surface area contributed by atoms with E-state index in [2.05, 4.69) is 0 Å². The van der Waals surface area contributed by atoms with Gasteiger partial charge in [0.1, 0.15) is 0 Å². The number of hydrogen-bond acceptors (Lipinski definition) is 1. The molecule has 0 spiro atoms. The summed E-state index contributed by atoms with van der Waals surface area (Å²) in [7, 11) is 0. The Hall–Kier alpha value is 0.479. The van der Waals surface area contributed by atoms with E-state index in [4.69, 9.17) is 5.11 Å². The van der Waals surface area contributed by atoms with E-state index in [0.29, 0.717) is 0 Å². The molecule has 0 rings (SSSR count). The van der Waals surface area contributed by atoms with Gasteiger partial charge in [-0.05, 0) is 13.8 Å². The van der Waals surface area contributed by atoms with Crippen molar-refractivity contribution in [3.05, 3.63) is 0 Å². The van der Waals surface area contributed by atoms with Crippen LogP contribution in [0.5, 0.6) is 0 Å². The van der Waals surface area contributed by atoms with Gasteiger partial charge in [0.05, 0.1) is 0 Å². The predicted molar refractivity (Wildman–Crippen MR) is 17.4 cm³/mol. The molecule has 1 nitrogen and oxygen atoms in total. The Morgan fingerprint density at radius 3 is 1.40 bits per heavy atom. The van der Waals surface area contributed by atoms with Crippen LogP contribution in [0.3, 0.4) is 0 Å². The molecule has 0 aliphatic heterocycles. The SMILES string of the molecule is CC(C)O.[Mn]. The van der Waals surface area contributed by atoms with Crippen molar-refractivity contribution in [3.63, 3.8) is 0 Å². The molecular formula is C3H8MnO. The van der Waals surface area contributed by atoms with Crippen molar-refractivity contribution in [2.24, 2.45) is 0 Å². The standard InChI is InChI=1S/C3H8O.Mn/c1-3(2)4;/h3-4H,1-2H3;. The summed E-state index contributed by atoms with van der Waals surface area (Å²) in [5.74, 6) is 0. The normalized spacial score (nSPS) is 7.20. The summed E-state index contributed by atoms with van der Waals surface area (Å²) < 4.78 is 0. The van der Waals surface area contributed by atoms with E-state index in [-0.39, 0.29) is 23.2 Å². The van der Waals surface area contributed by atoms with Gasteiger partial charge in [0.25, 0.3) is 0 Å². The Morgan fingerprint density at radius 1 is 1.40 bits per heavy atom. The fourth-order valence-corrected chi connectivity index (χ4v) is 0. The Morgan fingerprint density at radius 2 is 1.40 bits per heavy atom.